The molecule has 1 atom stereocenters. The van der Waals surface area contributed by atoms with Crippen LogP contribution in [0.1, 0.15) is 29.9 Å². The Kier molecular flexibility index (Phi) is 4.59. The van der Waals surface area contributed by atoms with Crippen LogP contribution in [0, 0.1) is 0 Å². The highest BCUT2D eigenvalue weighted by Crippen LogP contribution is 2.25. The molecule has 0 fully saturated rings. The molecule has 0 saturated heterocycles. The largest absolute Gasteiger partial charge is 0.461 e. The van der Waals surface area contributed by atoms with Crippen molar-refractivity contribution >= 4 is 12.0 Å². The highest BCUT2D eigenvalue weighted by Gasteiger charge is 2.28. The molecule has 0 saturated carbocycles. The number of rotatable bonds is 6. The lowest BCUT2D eigenvalue weighted by Crippen LogP contribution is -2.36. The van der Waals surface area contributed by atoms with Crippen molar-refractivity contribution in [2.75, 3.05) is 18.5 Å². The van der Waals surface area contributed by atoms with Crippen LogP contribution >= 0.6 is 0 Å². The van der Waals surface area contributed by atoms with Crippen molar-refractivity contribution in [3.63, 3.8) is 0 Å². The smallest absolute Gasteiger partial charge is 0.360 e. The molecule has 0 amide bonds. The third-order valence-corrected chi connectivity index (χ3v) is 3.10. The number of carbonyl (C=O) groups excluding carboxylic acids is 1. The number of ether oxygens (including phenoxy) is 1. The molecule has 1 aromatic heterocycles. The van der Waals surface area contributed by atoms with Crippen LogP contribution in [0.2, 0.25) is 0 Å². The van der Waals surface area contributed by atoms with E-state index >= 15 is 0 Å². The zero-order valence-corrected chi connectivity index (χ0v) is 12.0. The molecular weight excluding hydrogens is 272 g/mol. The van der Waals surface area contributed by atoms with Crippen molar-refractivity contribution in [3.05, 3.63) is 47.9 Å². The molecule has 21 heavy (non-hydrogen) atoms. The van der Waals surface area contributed by atoms with Crippen LogP contribution in [0.5, 0.6) is 0 Å². The summed E-state index contributed by atoms with van der Waals surface area (Å²) in [5.74, 6) is -0.542. The lowest BCUT2D eigenvalue weighted by molar-refractivity contribution is 0.0519. The minimum absolute atomic E-state index is 0.0905. The van der Waals surface area contributed by atoms with E-state index in [1.807, 2.05) is 37.3 Å². The summed E-state index contributed by atoms with van der Waals surface area (Å²) >= 11 is 0. The highest BCUT2D eigenvalue weighted by molar-refractivity contribution is 5.87. The molecule has 1 unspecified atom stereocenters. The summed E-state index contributed by atoms with van der Waals surface area (Å²) in [7, 11) is 0. The van der Waals surface area contributed by atoms with Gasteiger partial charge in [-0.25, -0.2) is 4.79 Å². The van der Waals surface area contributed by atoms with Crippen molar-refractivity contribution in [1.82, 2.24) is 4.98 Å². The fourth-order valence-corrected chi connectivity index (χ4v) is 1.87. The van der Waals surface area contributed by atoms with Gasteiger partial charge in [0.15, 0.2) is 5.69 Å². The molecule has 6 nitrogen and oxygen atoms in total. The Morgan fingerprint density at radius 2 is 2.14 bits per heavy atom. The first-order valence-electron chi connectivity index (χ1n) is 6.66. The summed E-state index contributed by atoms with van der Waals surface area (Å²) in [6.07, 6.45) is 1.23. The Hall–Kier alpha value is -2.34. The van der Waals surface area contributed by atoms with Crippen LogP contribution in [-0.2, 0) is 10.3 Å². The SMILES string of the molecule is CCOC(=O)c1coc(NC(C)(CO)c2ccccc2)n1. The summed E-state index contributed by atoms with van der Waals surface area (Å²) in [5.41, 5.74) is 0.203. The number of nitrogens with one attached hydrogen (secondary N) is 1. The molecule has 2 rings (SSSR count). The molecule has 1 aromatic carbocycles. The molecule has 0 aliphatic heterocycles. The van der Waals surface area contributed by atoms with Crippen LogP contribution in [0.15, 0.2) is 41.0 Å². The number of esters is 1. The molecule has 0 spiro atoms. The van der Waals surface area contributed by atoms with Crippen molar-refractivity contribution in [3.8, 4) is 0 Å². The summed E-state index contributed by atoms with van der Waals surface area (Å²) in [4.78, 5) is 15.6. The van der Waals surface area contributed by atoms with Gasteiger partial charge in [0.25, 0.3) is 6.01 Å². The predicted octanol–water partition coefficient (Wildman–Crippen LogP) is 2.17. The lowest BCUT2D eigenvalue weighted by Gasteiger charge is -2.28. The van der Waals surface area contributed by atoms with E-state index < -0.39 is 11.5 Å². The van der Waals surface area contributed by atoms with E-state index in [-0.39, 0.29) is 24.9 Å². The number of aliphatic hydroxyl groups excluding tert-OH is 1. The highest BCUT2D eigenvalue weighted by atomic mass is 16.5. The molecule has 2 aromatic rings. The standard InChI is InChI=1S/C15H18N2O4/c1-3-20-13(19)12-9-21-14(16-12)17-15(2,10-18)11-7-5-4-6-8-11/h4-9,18H,3,10H2,1-2H3,(H,16,17). The number of benzene rings is 1. The third-order valence-electron chi connectivity index (χ3n) is 3.10. The maximum Gasteiger partial charge on any atom is 0.360 e. The van der Waals surface area contributed by atoms with Gasteiger partial charge in [-0.2, -0.15) is 4.98 Å². The maximum absolute atomic E-state index is 11.5. The second kappa shape index (κ2) is 6.41. The Morgan fingerprint density at radius 3 is 2.76 bits per heavy atom. The Labute approximate surface area is 122 Å². The predicted molar refractivity (Wildman–Crippen MR) is 77.0 cm³/mol. The van der Waals surface area contributed by atoms with E-state index in [4.69, 9.17) is 9.15 Å². The summed E-state index contributed by atoms with van der Waals surface area (Å²) < 4.78 is 10.1. The van der Waals surface area contributed by atoms with Crippen LogP contribution in [-0.4, -0.2) is 29.3 Å². The van der Waals surface area contributed by atoms with Gasteiger partial charge >= 0.3 is 5.97 Å². The van der Waals surface area contributed by atoms with Crippen LogP contribution in [0.3, 0.4) is 0 Å². The molecule has 1 heterocycles. The van der Waals surface area contributed by atoms with Crippen LogP contribution < -0.4 is 5.32 Å². The first-order chi connectivity index (χ1) is 10.1. The van der Waals surface area contributed by atoms with E-state index in [2.05, 4.69) is 10.3 Å². The minimum atomic E-state index is -0.766. The van der Waals surface area contributed by atoms with E-state index in [9.17, 15) is 9.90 Å². The first-order valence-corrected chi connectivity index (χ1v) is 6.66. The maximum atomic E-state index is 11.5. The summed E-state index contributed by atoms with van der Waals surface area (Å²) in [6.45, 7) is 3.65. The van der Waals surface area contributed by atoms with Gasteiger partial charge in [0.2, 0.25) is 0 Å². The Bertz CT molecular complexity index is 597. The lowest BCUT2D eigenvalue weighted by atomic mass is 9.93. The quantitative estimate of drug-likeness (QED) is 0.793. The molecule has 0 radical (unpaired) electrons. The number of oxazole rings is 1. The van der Waals surface area contributed by atoms with Crippen molar-refractivity contribution in [2.45, 2.75) is 19.4 Å². The van der Waals surface area contributed by atoms with E-state index in [1.165, 1.54) is 6.26 Å². The number of carbonyl (C=O) groups is 1. The number of nitrogens with zero attached hydrogens (tertiary/aromatic N) is 1. The number of hydrogen-bond acceptors (Lipinski definition) is 6. The second-order valence-corrected chi connectivity index (χ2v) is 4.74. The zero-order valence-electron chi connectivity index (χ0n) is 12.0. The van der Waals surface area contributed by atoms with E-state index in [0.29, 0.717) is 0 Å². The average Bonchev–Trinajstić information content (AvgIpc) is 2.96. The van der Waals surface area contributed by atoms with Gasteiger partial charge in [-0.3, -0.25) is 0 Å². The topological polar surface area (TPSA) is 84.6 Å². The number of aromatic nitrogens is 1. The molecule has 0 aliphatic carbocycles. The summed E-state index contributed by atoms with van der Waals surface area (Å²) in [5, 5.41) is 12.7. The molecule has 0 aliphatic rings. The Balaban J connectivity index is 2.18. The van der Waals surface area contributed by atoms with Gasteiger partial charge in [-0.15, -0.1) is 0 Å². The molecular formula is C15H18N2O4. The average molecular weight is 290 g/mol. The van der Waals surface area contributed by atoms with Gasteiger partial charge in [-0.1, -0.05) is 30.3 Å². The monoisotopic (exact) mass is 290 g/mol. The first kappa shape index (κ1) is 15.1. The van der Waals surface area contributed by atoms with Crippen molar-refractivity contribution in [1.29, 1.82) is 0 Å². The van der Waals surface area contributed by atoms with Gasteiger partial charge in [0.1, 0.15) is 6.26 Å². The third kappa shape index (κ3) is 3.41. The van der Waals surface area contributed by atoms with Gasteiger partial charge in [-0.05, 0) is 19.4 Å². The number of aliphatic hydroxyl groups is 1. The zero-order chi connectivity index (χ0) is 15.3. The number of anilines is 1. The number of hydrogen-bond donors (Lipinski definition) is 2. The molecule has 112 valence electrons. The van der Waals surface area contributed by atoms with E-state index in [1.54, 1.807) is 6.92 Å². The van der Waals surface area contributed by atoms with Crippen LogP contribution in [0.25, 0.3) is 0 Å². The minimum Gasteiger partial charge on any atom is -0.461 e. The van der Waals surface area contributed by atoms with Gasteiger partial charge in [0.05, 0.1) is 18.8 Å². The van der Waals surface area contributed by atoms with Gasteiger partial charge in [0, 0.05) is 0 Å². The fraction of sp³-hybridized carbons (Fsp3) is 0.333. The molecule has 6 heteroatoms. The van der Waals surface area contributed by atoms with Crippen LogP contribution in [0.4, 0.5) is 6.01 Å². The fourth-order valence-electron chi connectivity index (χ4n) is 1.87. The van der Waals surface area contributed by atoms with Crippen molar-refractivity contribution in [2.24, 2.45) is 0 Å². The second-order valence-electron chi connectivity index (χ2n) is 4.74. The van der Waals surface area contributed by atoms with Crippen molar-refractivity contribution < 1.29 is 19.1 Å². The molecule has 2 N–H and O–H groups in total. The molecule has 0 bridgehead atoms. The summed E-state index contributed by atoms with van der Waals surface area (Å²) in [6, 6.07) is 9.58. The van der Waals surface area contributed by atoms with Gasteiger partial charge < -0.3 is 19.6 Å². The normalized spacial score (nSPS) is 13.5. The Morgan fingerprint density at radius 1 is 1.43 bits per heavy atom. The van der Waals surface area contributed by atoms with E-state index in [0.717, 1.165) is 5.56 Å².